The van der Waals surface area contributed by atoms with Crippen LogP contribution in [-0.2, 0) is 0 Å². The predicted octanol–water partition coefficient (Wildman–Crippen LogP) is 3.84. The maximum atomic E-state index is 5.16. The molecule has 1 aliphatic carbocycles. The molecule has 0 amide bonds. The van der Waals surface area contributed by atoms with Crippen LogP contribution in [-0.4, -0.2) is 18.9 Å². The zero-order chi connectivity index (χ0) is 12.1. The molecule has 1 aromatic rings. The summed E-state index contributed by atoms with van der Waals surface area (Å²) in [5, 5.41) is 0. The van der Waals surface area contributed by atoms with Gasteiger partial charge in [-0.2, -0.15) is 0 Å². The average molecular weight is 231 g/mol. The summed E-state index contributed by atoms with van der Waals surface area (Å²) in [6.07, 6.45) is 6.57. The highest BCUT2D eigenvalue weighted by Crippen LogP contribution is 2.21. The number of ether oxygens (including phenoxy) is 1. The Balaban J connectivity index is 2.06. The number of rotatable bonds is 3. The summed E-state index contributed by atoms with van der Waals surface area (Å²) < 4.78 is 5.16. The summed E-state index contributed by atoms with van der Waals surface area (Å²) in [5.74, 6) is 0.902. The van der Waals surface area contributed by atoms with Crippen molar-refractivity contribution >= 4 is 5.71 Å². The van der Waals surface area contributed by atoms with Crippen LogP contribution in [0, 0.1) is 0 Å². The van der Waals surface area contributed by atoms with Crippen LogP contribution in [0.3, 0.4) is 0 Å². The summed E-state index contributed by atoms with van der Waals surface area (Å²) in [4.78, 5) is 4.84. The van der Waals surface area contributed by atoms with E-state index in [0.29, 0.717) is 6.04 Å². The van der Waals surface area contributed by atoms with E-state index in [1.165, 1.54) is 37.7 Å². The van der Waals surface area contributed by atoms with Crippen molar-refractivity contribution in [3.05, 3.63) is 29.8 Å². The first-order valence-corrected chi connectivity index (χ1v) is 6.48. The number of aliphatic imine (C=N–C) groups is 1. The zero-order valence-electron chi connectivity index (χ0n) is 10.8. The molecule has 1 aromatic carbocycles. The molecule has 2 heteroatoms. The van der Waals surface area contributed by atoms with Crippen molar-refractivity contribution in [3.63, 3.8) is 0 Å². The van der Waals surface area contributed by atoms with Crippen molar-refractivity contribution in [2.75, 3.05) is 7.11 Å². The number of hydrogen-bond acceptors (Lipinski definition) is 2. The summed E-state index contributed by atoms with van der Waals surface area (Å²) in [7, 11) is 1.69. The lowest BCUT2D eigenvalue weighted by molar-refractivity contribution is 0.415. The molecule has 0 spiro atoms. The third-order valence-electron chi connectivity index (χ3n) is 3.46. The van der Waals surface area contributed by atoms with Gasteiger partial charge in [-0.05, 0) is 49.6 Å². The normalized spacial score (nSPS) is 18.1. The molecule has 2 nitrogen and oxygen atoms in total. The summed E-state index contributed by atoms with van der Waals surface area (Å²) in [5.41, 5.74) is 2.36. The highest BCUT2D eigenvalue weighted by atomic mass is 16.5. The monoisotopic (exact) mass is 231 g/mol. The molecule has 1 aliphatic rings. The Morgan fingerprint density at radius 1 is 1.12 bits per heavy atom. The lowest BCUT2D eigenvalue weighted by Gasteiger charge is -2.18. The van der Waals surface area contributed by atoms with Crippen LogP contribution >= 0.6 is 0 Å². The minimum Gasteiger partial charge on any atom is -0.497 e. The van der Waals surface area contributed by atoms with E-state index in [2.05, 4.69) is 19.1 Å². The molecule has 0 saturated heterocycles. The van der Waals surface area contributed by atoms with Gasteiger partial charge in [0.2, 0.25) is 0 Å². The van der Waals surface area contributed by atoms with Crippen LogP contribution in [0.1, 0.15) is 44.6 Å². The Morgan fingerprint density at radius 3 is 2.35 bits per heavy atom. The number of benzene rings is 1. The molecule has 0 atom stereocenters. The molecule has 0 aromatic heterocycles. The smallest absolute Gasteiger partial charge is 0.118 e. The van der Waals surface area contributed by atoms with Gasteiger partial charge in [-0.1, -0.05) is 19.3 Å². The van der Waals surface area contributed by atoms with E-state index in [4.69, 9.17) is 9.73 Å². The third-order valence-corrected chi connectivity index (χ3v) is 3.46. The van der Waals surface area contributed by atoms with Crippen LogP contribution in [0.5, 0.6) is 5.75 Å². The van der Waals surface area contributed by atoms with Crippen molar-refractivity contribution in [3.8, 4) is 5.75 Å². The lowest BCUT2D eigenvalue weighted by atomic mass is 9.95. The molecule has 0 bridgehead atoms. The van der Waals surface area contributed by atoms with Gasteiger partial charge in [0.05, 0.1) is 13.2 Å². The molecule has 1 fully saturated rings. The van der Waals surface area contributed by atoms with Crippen molar-refractivity contribution in [1.82, 2.24) is 0 Å². The third kappa shape index (κ3) is 3.32. The van der Waals surface area contributed by atoms with Crippen LogP contribution in [0.25, 0.3) is 0 Å². The van der Waals surface area contributed by atoms with Gasteiger partial charge in [0.15, 0.2) is 0 Å². The Hall–Kier alpha value is -1.31. The minimum atomic E-state index is 0.547. The van der Waals surface area contributed by atoms with E-state index in [1.807, 2.05) is 12.1 Å². The molecule has 0 radical (unpaired) electrons. The number of hydrogen-bond donors (Lipinski definition) is 0. The van der Waals surface area contributed by atoms with E-state index in [1.54, 1.807) is 7.11 Å². The molecule has 0 N–H and O–H groups in total. The molecular formula is C15H21NO. The summed E-state index contributed by atoms with van der Waals surface area (Å²) in [6.45, 7) is 2.11. The highest BCUT2D eigenvalue weighted by Gasteiger charge is 2.12. The van der Waals surface area contributed by atoms with Gasteiger partial charge < -0.3 is 4.74 Å². The second-order valence-corrected chi connectivity index (χ2v) is 4.73. The van der Waals surface area contributed by atoms with Crippen LogP contribution < -0.4 is 4.74 Å². The molecule has 0 aliphatic heterocycles. The second-order valence-electron chi connectivity index (χ2n) is 4.73. The van der Waals surface area contributed by atoms with Crippen molar-refractivity contribution in [2.45, 2.75) is 45.1 Å². The van der Waals surface area contributed by atoms with Crippen molar-refractivity contribution < 1.29 is 4.74 Å². The van der Waals surface area contributed by atoms with Crippen molar-refractivity contribution in [2.24, 2.45) is 4.99 Å². The fraction of sp³-hybridized carbons (Fsp3) is 0.533. The number of methoxy groups -OCH3 is 1. The van der Waals surface area contributed by atoms with Gasteiger partial charge in [-0.3, -0.25) is 4.99 Å². The Labute approximate surface area is 104 Å². The van der Waals surface area contributed by atoms with Gasteiger partial charge in [0, 0.05) is 5.71 Å². The lowest BCUT2D eigenvalue weighted by Crippen LogP contribution is -2.12. The predicted molar refractivity (Wildman–Crippen MR) is 72.1 cm³/mol. The van der Waals surface area contributed by atoms with Crippen LogP contribution in [0.4, 0.5) is 0 Å². The van der Waals surface area contributed by atoms with Crippen LogP contribution in [0.15, 0.2) is 29.3 Å². The van der Waals surface area contributed by atoms with Gasteiger partial charge in [-0.15, -0.1) is 0 Å². The Kier molecular flexibility index (Phi) is 4.18. The molecule has 92 valence electrons. The van der Waals surface area contributed by atoms with E-state index in [-0.39, 0.29) is 0 Å². The largest absolute Gasteiger partial charge is 0.497 e. The summed E-state index contributed by atoms with van der Waals surface area (Å²) >= 11 is 0. The van der Waals surface area contributed by atoms with E-state index in [9.17, 15) is 0 Å². The van der Waals surface area contributed by atoms with Gasteiger partial charge in [-0.25, -0.2) is 0 Å². The molecule has 0 heterocycles. The SMILES string of the molecule is COc1ccc(C(C)=NC2CCCCC2)cc1. The molecule has 17 heavy (non-hydrogen) atoms. The topological polar surface area (TPSA) is 21.6 Å². The summed E-state index contributed by atoms with van der Waals surface area (Å²) in [6, 6.07) is 8.71. The quantitative estimate of drug-likeness (QED) is 0.724. The van der Waals surface area contributed by atoms with Gasteiger partial charge >= 0.3 is 0 Å². The molecule has 2 rings (SSSR count). The second kappa shape index (κ2) is 5.85. The molecule has 0 unspecified atom stereocenters. The average Bonchev–Trinajstić information content (AvgIpc) is 2.40. The highest BCUT2D eigenvalue weighted by molar-refractivity contribution is 5.98. The van der Waals surface area contributed by atoms with Gasteiger partial charge in [0.1, 0.15) is 5.75 Å². The van der Waals surface area contributed by atoms with Crippen molar-refractivity contribution in [1.29, 1.82) is 0 Å². The van der Waals surface area contributed by atoms with E-state index < -0.39 is 0 Å². The fourth-order valence-corrected chi connectivity index (χ4v) is 2.39. The Morgan fingerprint density at radius 2 is 1.76 bits per heavy atom. The Bertz CT molecular complexity index is 374. The first-order valence-electron chi connectivity index (χ1n) is 6.48. The maximum Gasteiger partial charge on any atom is 0.118 e. The molecule has 1 saturated carbocycles. The fourth-order valence-electron chi connectivity index (χ4n) is 2.39. The van der Waals surface area contributed by atoms with Crippen LogP contribution in [0.2, 0.25) is 0 Å². The first kappa shape index (κ1) is 12.2. The number of nitrogens with zero attached hydrogens (tertiary/aromatic N) is 1. The van der Waals surface area contributed by atoms with Gasteiger partial charge in [0.25, 0.3) is 0 Å². The zero-order valence-corrected chi connectivity index (χ0v) is 10.8. The van der Waals surface area contributed by atoms with E-state index in [0.717, 1.165) is 11.5 Å². The standard InChI is InChI=1S/C15H21NO/c1-12(16-14-6-4-3-5-7-14)13-8-10-15(17-2)11-9-13/h8-11,14H,3-7H2,1-2H3. The maximum absolute atomic E-state index is 5.16. The first-order chi connectivity index (χ1) is 8.29. The molecular weight excluding hydrogens is 210 g/mol. The van der Waals surface area contributed by atoms with E-state index >= 15 is 0 Å². The minimum absolute atomic E-state index is 0.547.